The van der Waals surface area contributed by atoms with E-state index in [4.69, 9.17) is 26.2 Å². The van der Waals surface area contributed by atoms with E-state index < -0.39 is 12.0 Å². The fourth-order valence-electron chi connectivity index (χ4n) is 5.31. The van der Waals surface area contributed by atoms with Crippen LogP contribution in [0, 0.1) is 5.82 Å². The van der Waals surface area contributed by atoms with E-state index in [1.165, 1.54) is 20.1 Å². The number of ketones is 1. The molecule has 0 radical (unpaired) electrons. The monoisotopic (exact) mass is 648 g/mol. The number of methoxy groups -OCH3 is 1. The maximum Gasteiger partial charge on any atom is 0.255 e. The number of Topliss-reactive ketones (excluding diaryl/α,β-unsaturated/α-hetero) is 1. The molecule has 5 aromatic carbocycles. The second-order valence-corrected chi connectivity index (χ2v) is 11.1. The highest BCUT2D eigenvalue weighted by molar-refractivity contribution is 6.44. The smallest absolute Gasteiger partial charge is 0.255 e. The summed E-state index contributed by atoms with van der Waals surface area (Å²) in [7, 11) is 1.53. The summed E-state index contributed by atoms with van der Waals surface area (Å²) >= 11 is 6.23. The number of ether oxygens (including phenoxy) is 2. The van der Waals surface area contributed by atoms with Gasteiger partial charge in [-0.2, -0.15) is 0 Å². The molecule has 0 spiro atoms. The highest BCUT2D eigenvalue weighted by Crippen LogP contribution is 2.45. The molecular formula is C37H30ClFN4O4. The number of benzene rings is 5. The van der Waals surface area contributed by atoms with Crippen molar-refractivity contribution in [3.63, 3.8) is 0 Å². The van der Waals surface area contributed by atoms with Gasteiger partial charge in [0.25, 0.3) is 5.91 Å². The number of hydrogen-bond donors (Lipinski definition) is 1. The lowest BCUT2D eigenvalue weighted by Crippen LogP contribution is -2.38. The first kappa shape index (κ1) is 31.3. The summed E-state index contributed by atoms with van der Waals surface area (Å²) < 4.78 is 26.6. The van der Waals surface area contributed by atoms with Crippen molar-refractivity contribution in [3.8, 4) is 11.5 Å². The summed E-state index contributed by atoms with van der Waals surface area (Å²) in [5, 5.41) is 9.96. The first-order valence-electron chi connectivity index (χ1n) is 14.8. The molecule has 6 rings (SSSR count). The van der Waals surface area contributed by atoms with E-state index in [1.807, 2.05) is 30.3 Å². The highest BCUT2D eigenvalue weighted by atomic mass is 35.5. The van der Waals surface area contributed by atoms with E-state index in [9.17, 15) is 14.0 Å². The Labute approximate surface area is 276 Å². The SMILES string of the molecule is COc1cccc(C2N(c3ccc(Cl)cc3)N=C(C(C)=O)N2c2ccc(NC(=O)c3ccccc3)cc2)c1OCc1ccccc1F. The van der Waals surface area contributed by atoms with Crippen LogP contribution in [0.5, 0.6) is 11.5 Å². The largest absolute Gasteiger partial charge is 0.493 e. The Kier molecular flexibility index (Phi) is 9.17. The molecule has 5 aromatic rings. The fourth-order valence-corrected chi connectivity index (χ4v) is 5.44. The van der Waals surface area contributed by atoms with E-state index in [0.717, 1.165) is 0 Å². The number of hydrazone groups is 1. The van der Waals surface area contributed by atoms with E-state index in [1.54, 1.807) is 94.8 Å². The maximum absolute atomic E-state index is 14.6. The van der Waals surface area contributed by atoms with E-state index >= 15 is 0 Å². The molecule has 1 N–H and O–H groups in total. The van der Waals surface area contributed by atoms with Gasteiger partial charge in [0, 0.05) is 40.0 Å². The molecule has 0 bridgehead atoms. The number of halogens is 2. The van der Waals surface area contributed by atoms with Gasteiger partial charge in [-0.1, -0.05) is 60.1 Å². The summed E-state index contributed by atoms with van der Waals surface area (Å²) in [5.41, 5.74) is 3.37. The topological polar surface area (TPSA) is 83.5 Å². The van der Waals surface area contributed by atoms with E-state index in [-0.39, 0.29) is 24.1 Å². The van der Waals surface area contributed by atoms with Gasteiger partial charge >= 0.3 is 0 Å². The first-order valence-corrected chi connectivity index (χ1v) is 15.1. The van der Waals surface area contributed by atoms with Crippen LogP contribution in [0.15, 0.2) is 126 Å². The Morgan fingerprint density at radius 2 is 1.53 bits per heavy atom. The lowest BCUT2D eigenvalue weighted by molar-refractivity contribution is -0.111. The van der Waals surface area contributed by atoms with Crippen LogP contribution < -0.4 is 24.7 Å². The van der Waals surface area contributed by atoms with Crippen LogP contribution in [0.4, 0.5) is 21.5 Å². The minimum absolute atomic E-state index is 0.0655. The van der Waals surface area contributed by atoms with E-state index in [2.05, 4.69) is 5.32 Å². The molecule has 1 unspecified atom stereocenters. The van der Waals surface area contributed by atoms with Crippen LogP contribution in [-0.2, 0) is 11.4 Å². The molecule has 236 valence electrons. The summed E-state index contributed by atoms with van der Waals surface area (Å²) in [6.07, 6.45) is -0.745. The molecule has 0 saturated carbocycles. The average Bonchev–Trinajstić information content (AvgIpc) is 3.49. The van der Waals surface area contributed by atoms with Crippen molar-refractivity contribution in [1.82, 2.24) is 0 Å². The Hall–Kier alpha value is -5.67. The number of carbonyl (C=O) groups is 2. The Balaban J connectivity index is 1.43. The van der Waals surface area contributed by atoms with Crippen LogP contribution in [0.25, 0.3) is 0 Å². The highest BCUT2D eigenvalue weighted by Gasteiger charge is 2.41. The minimum atomic E-state index is -0.745. The quantitative estimate of drug-likeness (QED) is 0.164. The summed E-state index contributed by atoms with van der Waals surface area (Å²) in [5.74, 6) is 0.0452. The number of hydrogen-bond acceptors (Lipinski definition) is 7. The number of amides is 1. The number of anilines is 3. The van der Waals surface area contributed by atoms with Gasteiger partial charge in [-0.05, 0) is 72.8 Å². The van der Waals surface area contributed by atoms with Crippen LogP contribution in [0.1, 0.15) is 34.6 Å². The van der Waals surface area contributed by atoms with Gasteiger partial charge in [-0.15, -0.1) is 5.10 Å². The Morgan fingerprint density at radius 3 is 2.21 bits per heavy atom. The molecule has 1 heterocycles. The molecule has 0 saturated heterocycles. The predicted octanol–water partition coefficient (Wildman–Crippen LogP) is 8.25. The maximum atomic E-state index is 14.6. The predicted molar refractivity (Wildman–Crippen MR) is 182 cm³/mol. The number of amidine groups is 1. The zero-order chi connectivity index (χ0) is 32.9. The van der Waals surface area contributed by atoms with Gasteiger partial charge in [-0.25, -0.2) is 9.40 Å². The summed E-state index contributed by atoms with van der Waals surface area (Å²) in [4.78, 5) is 27.8. The van der Waals surface area contributed by atoms with Crippen molar-refractivity contribution in [2.75, 3.05) is 22.3 Å². The molecule has 0 aliphatic carbocycles. The van der Waals surface area contributed by atoms with Crippen molar-refractivity contribution >= 4 is 46.2 Å². The third-order valence-electron chi connectivity index (χ3n) is 7.59. The molecule has 10 heteroatoms. The average molecular weight is 649 g/mol. The lowest BCUT2D eigenvalue weighted by atomic mass is 10.1. The molecule has 0 aromatic heterocycles. The number of rotatable bonds is 10. The van der Waals surface area contributed by atoms with Crippen LogP contribution in [-0.4, -0.2) is 24.6 Å². The van der Waals surface area contributed by atoms with Gasteiger partial charge in [0.05, 0.1) is 12.8 Å². The van der Waals surface area contributed by atoms with Crippen molar-refractivity contribution in [2.45, 2.75) is 19.7 Å². The molecule has 1 amide bonds. The van der Waals surface area contributed by atoms with Gasteiger partial charge in [0.2, 0.25) is 0 Å². The normalized spacial score (nSPS) is 14.0. The van der Waals surface area contributed by atoms with Gasteiger partial charge in [0.15, 0.2) is 29.3 Å². The third kappa shape index (κ3) is 6.66. The molecule has 1 aliphatic rings. The van der Waals surface area contributed by atoms with Crippen LogP contribution in [0.2, 0.25) is 5.02 Å². The standard InChI is InChI=1S/C37H30ClFN4O4/c1-24(44)35-41-43(30-19-15-27(38)16-20-30)37(31-12-8-14-33(46-2)34(31)47-23-26-11-6-7-13-32(26)39)42(35)29-21-17-28(18-22-29)40-36(45)25-9-4-3-5-10-25/h3-22,37H,23H2,1-2H3,(H,40,45). The number of para-hydroxylation sites is 1. The minimum Gasteiger partial charge on any atom is -0.493 e. The lowest BCUT2D eigenvalue weighted by Gasteiger charge is -2.33. The molecular weight excluding hydrogens is 619 g/mol. The third-order valence-corrected chi connectivity index (χ3v) is 7.84. The number of carbonyl (C=O) groups excluding carboxylic acids is 2. The molecule has 8 nitrogen and oxygen atoms in total. The zero-order valence-electron chi connectivity index (χ0n) is 25.6. The van der Waals surface area contributed by atoms with Crippen molar-refractivity contribution in [1.29, 1.82) is 0 Å². The Bertz CT molecular complexity index is 1940. The number of nitrogens with zero attached hydrogens (tertiary/aromatic N) is 3. The van der Waals surface area contributed by atoms with E-state index in [0.29, 0.717) is 50.3 Å². The molecule has 47 heavy (non-hydrogen) atoms. The summed E-state index contributed by atoms with van der Waals surface area (Å²) in [6, 6.07) is 35.0. The Morgan fingerprint density at radius 1 is 0.851 bits per heavy atom. The fraction of sp³-hybridized carbons (Fsp3) is 0.108. The van der Waals surface area contributed by atoms with Gasteiger partial charge in [0.1, 0.15) is 12.4 Å². The zero-order valence-corrected chi connectivity index (χ0v) is 26.3. The second-order valence-electron chi connectivity index (χ2n) is 10.7. The van der Waals surface area contributed by atoms with Crippen molar-refractivity contribution < 1.29 is 23.5 Å². The molecule has 1 atom stereocenters. The van der Waals surface area contributed by atoms with Gasteiger partial charge in [-0.3, -0.25) is 14.5 Å². The van der Waals surface area contributed by atoms with Crippen LogP contribution in [0.3, 0.4) is 0 Å². The molecule has 1 aliphatic heterocycles. The van der Waals surface area contributed by atoms with Crippen LogP contribution >= 0.6 is 11.6 Å². The summed E-state index contributed by atoms with van der Waals surface area (Å²) in [6.45, 7) is 1.38. The van der Waals surface area contributed by atoms with Crippen molar-refractivity contribution in [2.24, 2.45) is 5.10 Å². The van der Waals surface area contributed by atoms with Gasteiger partial charge < -0.3 is 14.8 Å². The first-order chi connectivity index (χ1) is 22.8. The number of nitrogens with one attached hydrogen (secondary N) is 1. The van der Waals surface area contributed by atoms with Crippen molar-refractivity contribution in [3.05, 3.63) is 149 Å². The second kappa shape index (κ2) is 13.8. The molecule has 0 fully saturated rings.